The van der Waals surface area contributed by atoms with Crippen LogP contribution in [0.15, 0.2) is 29.8 Å². The van der Waals surface area contributed by atoms with Crippen LogP contribution in [0.25, 0.3) is 10.6 Å². The molecular weight excluding hydrogens is 328 g/mol. The van der Waals surface area contributed by atoms with Gasteiger partial charge in [-0.15, -0.1) is 21.5 Å². The molecule has 3 aromatic rings. The minimum Gasteiger partial charge on any atom is -0.296 e. The Morgan fingerprint density at radius 2 is 2.14 bits per heavy atom. The SMILES string of the molecule is Cc1nc(-c2ccccc2Cl)sc1C(=O)Nc1nncs1. The number of anilines is 1. The molecule has 5 nitrogen and oxygen atoms in total. The number of amides is 1. The van der Waals surface area contributed by atoms with E-state index in [-0.39, 0.29) is 5.91 Å². The Morgan fingerprint density at radius 3 is 2.86 bits per heavy atom. The molecule has 0 aliphatic heterocycles. The van der Waals surface area contributed by atoms with Gasteiger partial charge in [-0.25, -0.2) is 4.98 Å². The van der Waals surface area contributed by atoms with Crippen molar-refractivity contribution >= 4 is 45.3 Å². The van der Waals surface area contributed by atoms with Gasteiger partial charge in [-0.05, 0) is 13.0 Å². The van der Waals surface area contributed by atoms with Crippen LogP contribution in [0.1, 0.15) is 15.4 Å². The topological polar surface area (TPSA) is 67.8 Å². The molecule has 0 fully saturated rings. The number of aryl methyl sites for hydroxylation is 1. The highest BCUT2D eigenvalue weighted by atomic mass is 35.5. The molecular formula is C13H9ClN4OS2. The van der Waals surface area contributed by atoms with Gasteiger partial charge in [0, 0.05) is 5.56 Å². The number of thiazole rings is 1. The van der Waals surface area contributed by atoms with Crippen LogP contribution in [0.5, 0.6) is 0 Å². The van der Waals surface area contributed by atoms with Gasteiger partial charge in [0.2, 0.25) is 5.13 Å². The normalized spacial score (nSPS) is 10.6. The van der Waals surface area contributed by atoms with Crippen LogP contribution in [0, 0.1) is 6.92 Å². The highest BCUT2D eigenvalue weighted by molar-refractivity contribution is 7.17. The molecule has 1 N–H and O–H groups in total. The number of halogens is 1. The van der Waals surface area contributed by atoms with E-state index in [1.165, 1.54) is 22.7 Å². The van der Waals surface area contributed by atoms with Gasteiger partial charge in [0.05, 0.1) is 10.7 Å². The molecule has 0 spiro atoms. The van der Waals surface area contributed by atoms with E-state index >= 15 is 0 Å². The molecule has 2 heterocycles. The molecule has 0 aliphatic carbocycles. The summed E-state index contributed by atoms with van der Waals surface area (Å²) in [6.45, 7) is 1.80. The Kier molecular flexibility index (Phi) is 3.96. The Morgan fingerprint density at radius 1 is 1.33 bits per heavy atom. The van der Waals surface area contributed by atoms with Gasteiger partial charge in [0.15, 0.2) is 0 Å². The maximum Gasteiger partial charge on any atom is 0.269 e. The molecule has 8 heteroatoms. The Labute approximate surface area is 133 Å². The molecule has 0 radical (unpaired) electrons. The fraction of sp³-hybridized carbons (Fsp3) is 0.0769. The van der Waals surface area contributed by atoms with Gasteiger partial charge in [-0.2, -0.15) is 0 Å². The summed E-state index contributed by atoms with van der Waals surface area (Å²) in [5.41, 5.74) is 3.05. The molecule has 106 valence electrons. The molecule has 0 bridgehead atoms. The van der Waals surface area contributed by atoms with E-state index in [2.05, 4.69) is 20.5 Å². The van der Waals surface area contributed by atoms with Crippen LogP contribution in [0.4, 0.5) is 5.13 Å². The molecule has 1 amide bonds. The lowest BCUT2D eigenvalue weighted by Gasteiger charge is -1.98. The fourth-order valence-electron chi connectivity index (χ4n) is 1.74. The Bertz CT molecular complexity index is 785. The number of rotatable bonds is 3. The number of aromatic nitrogens is 3. The van der Waals surface area contributed by atoms with Crippen molar-refractivity contribution in [3.8, 4) is 10.6 Å². The monoisotopic (exact) mass is 336 g/mol. The van der Waals surface area contributed by atoms with Crippen LogP contribution in [0.3, 0.4) is 0 Å². The maximum absolute atomic E-state index is 12.2. The third kappa shape index (κ3) is 2.94. The Balaban J connectivity index is 1.91. The molecule has 2 aromatic heterocycles. The van der Waals surface area contributed by atoms with Gasteiger partial charge in [0.1, 0.15) is 15.4 Å². The minimum absolute atomic E-state index is 0.236. The number of hydrogen-bond acceptors (Lipinski definition) is 6. The van der Waals surface area contributed by atoms with Crippen molar-refractivity contribution in [1.29, 1.82) is 0 Å². The van der Waals surface area contributed by atoms with Gasteiger partial charge in [-0.1, -0.05) is 41.1 Å². The molecule has 3 rings (SSSR count). The summed E-state index contributed by atoms with van der Waals surface area (Å²) in [4.78, 5) is 17.2. The average Bonchev–Trinajstić information content (AvgIpc) is 3.09. The standard InChI is InChI=1S/C13H9ClN4OS2/c1-7-10(11(19)17-13-18-15-6-20-13)21-12(16-7)8-4-2-3-5-9(8)14/h2-6H,1H3,(H,17,18,19). The highest BCUT2D eigenvalue weighted by Crippen LogP contribution is 2.33. The van der Waals surface area contributed by atoms with Crippen molar-refractivity contribution < 1.29 is 4.79 Å². The quantitative estimate of drug-likeness (QED) is 0.788. The number of nitrogens with one attached hydrogen (secondary N) is 1. The van der Waals surface area contributed by atoms with Crippen molar-refractivity contribution in [3.63, 3.8) is 0 Å². The van der Waals surface area contributed by atoms with E-state index < -0.39 is 0 Å². The highest BCUT2D eigenvalue weighted by Gasteiger charge is 2.18. The predicted molar refractivity (Wildman–Crippen MR) is 85.2 cm³/mol. The van der Waals surface area contributed by atoms with Crippen LogP contribution in [-0.4, -0.2) is 21.1 Å². The molecule has 0 atom stereocenters. The second-order valence-electron chi connectivity index (χ2n) is 4.11. The second-order valence-corrected chi connectivity index (χ2v) is 6.35. The molecule has 21 heavy (non-hydrogen) atoms. The summed E-state index contributed by atoms with van der Waals surface area (Å²) in [6.07, 6.45) is 0. The molecule has 1 aromatic carbocycles. The molecule has 0 saturated carbocycles. The van der Waals surface area contributed by atoms with Gasteiger partial charge >= 0.3 is 0 Å². The summed E-state index contributed by atoms with van der Waals surface area (Å²) in [5.74, 6) is -0.236. The molecule has 0 aliphatic rings. The minimum atomic E-state index is -0.236. The second kappa shape index (κ2) is 5.88. The largest absolute Gasteiger partial charge is 0.296 e. The maximum atomic E-state index is 12.2. The van der Waals surface area contributed by atoms with Crippen molar-refractivity contribution in [2.24, 2.45) is 0 Å². The molecule has 0 saturated heterocycles. The third-order valence-corrected chi connectivity index (χ3v) is 4.81. The van der Waals surface area contributed by atoms with E-state index in [1.807, 2.05) is 18.2 Å². The fourth-order valence-corrected chi connectivity index (χ4v) is 3.46. The first-order chi connectivity index (χ1) is 10.1. The first-order valence-corrected chi connectivity index (χ1v) is 8.02. The third-order valence-electron chi connectivity index (χ3n) is 2.69. The summed E-state index contributed by atoms with van der Waals surface area (Å²) < 4.78 is 0. The van der Waals surface area contributed by atoms with Gasteiger partial charge in [-0.3, -0.25) is 10.1 Å². The zero-order chi connectivity index (χ0) is 14.8. The van der Waals surface area contributed by atoms with Crippen LogP contribution >= 0.6 is 34.3 Å². The van der Waals surface area contributed by atoms with Gasteiger partial charge < -0.3 is 0 Å². The van der Waals surface area contributed by atoms with Crippen LogP contribution in [-0.2, 0) is 0 Å². The molecule has 0 unspecified atom stereocenters. The number of carbonyl (C=O) groups excluding carboxylic acids is 1. The van der Waals surface area contributed by atoms with Crippen molar-refractivity contribution in [1.82, 2.24) is 15.2 Å². The predicted octanol–water partition coefficient (Wildman–Crippen LogP) is 3.88. The van der Waals surface area contributed by atoms with Crippen molar-refractivity contribution in [2.75, 3.05) is 5.32 Å². The van der Waals surface area contributed by atoms with Crippen molar-refractivity contribution in [2.45, 2.75) is 6.92 Å². The zero-order valence-electron chi connectivity index (χ0n) is 10.8. The smallest absolute Gasteiger partial charge is 0.269 e. The van der Waals surface area contributed by atoms with E-state index in [9.17, 15) is 4.79 Å². The van der Waals surface area contributed by atoms with E-state index in [0.29, 0.717) is 20.7 Å². The number of nitrogens with zero attached hydrogens (tertiary/aromatic N) is 3. The number of carbonyl (C=O) groups is 1. The van der Waals surface area contributed by atoms with Gasteiger partial charge in [0.25, 0.3) is 5.91 Å². The van der Waals surface area contributed by atoms with E-state index in [1.54, 1.807) is 18.5 Å². The summed E-state index contributed by atoms with van der Waals surface area (Å²) in [7, 11) is 0. The summed E-state index contributed by atoms with van der Waals surface area (Å²) in [6, 6.07) is 7.43. The van der Waals surface area contributed by atoms with Crippen LogP contribution in [0.2, 0.25) is 5.02 Å². The average molecular weight is 337 g/mol. The summed E-state index contributed by atoms with van der Waals surface area (Å²) in [5, 5.41) is 12.0. The van der Waals surface area contributed by atoms with E-state index in [4.69, 9.17) is 11.6 Å². The lowest BCUT2D eigenvalue weighted by molar-refractivity contribution is 0.102. The van der Waals surface area contributed by atoms with Crippen LogP contribution < -0.4 is 5.32 Å². The lowest BCUT2D eigenvalue weighted by Crippen LogP contribution is -2.11. The summed E-state index contributed by atoms with van der Waals surface area (Å²) >= 11 is 8.74. The lowest BCUT2D eigenvalue weighted by atomic mass is 10.2. The zero-order valence-corrected chi connectivity index (χ0v) is 13.2. The number of benzene rings is 1. The first kappa shape index (κ1) is 14.1. The first-order valence-electron chi connectivity index (χ1n) is 5.95. The van der Waals surface area contributed by atoms with Crippen molar-refractivity contribution in [3.05, 3.63) is 45.4 Å². The Hall–Kier alpha value is -1.83. The number of hydrogen-bond donors (Lipinski definition) is 1. The van der Waals surface area contributed by atoms with E-state index in [0.717, 1.165) is 10.6 Å².